The lowest BCUT2D eigenvalue weighted by Gasteiger charge is -2.17. The molecule has 2 unspecified atom stereocenters. The summed E-state index contributed by atoms with van der Waals surface area (Å²) in [5.74, 6) is -0.115. The zero-order chi connectivity index (χ0) is 21.0. The number of aryl methyl sites for hydroxylation is 1. The molecule has 29 heavy (non-hydrogen) atoms. The van der Waals surface area contributed by atoms with Crippen LogP contribution in [0, 0.1) is 0 Å². The Morgan fingerprint density at radius 3 is 2.38 bits per heavy atom. The minimum absolute atomic E-state index is 0. The maximum atomic E-state index is 13.4. The number of benzene rings is 1. The average molecular weight is 442 g/mol. The lowest BCUT2D eigenvalue weighted by atomic mass is 10.0. The summed E-state index contributed by atoms with van der Waals surface area (Å²) in [6.45, 7) is 2.10. The van der Waals surface area contributed by atoms with Crippen LogP contribution < -0.4 is 10.5 Å². The van der Waals surface area contributed by atoms with Gasteiger partial charge in [0.2, 0.25) is 0 Å². The molecule has 0 aliphatic carbocycles. The van der Waals surface area contributed by atoms with Gasteiger partial charge in [-0.1, -0.05) is 45.1 Å². The Morgan fingerprint density at radius 2 is 1.76 bits per heavy atom. The number of halogens is 4. The second-order valence-electron chi connectivity index (χ2n) is 7.25. The monoisotopic (exact) mass is 441 g/mol. The largest absolute Gasteiger partial charge is 0.493 e. The first-order chi connectivity index (χ1) is 13.3. The van der Waals surface area contributed by atoms with Gasteiger partial charge in [-0.15, -0.1) is 12.4 Å². The van der Waals surface area contributed by atoms with Crippen LogP contribution in [0.1, 0.15) is 69.4 Å². The normalized spacial score (nSPS) is 13.6. The number of alkyl halides is 3. The summed E-state index contributed by atoms with van der Waals surface area (Å²) in [6, 6.07) is 3.54. The molecule has 170 valence electrons. The Bertz CT molecular complexity index is 558. The molecule has 0 saturated heterocycles. The van der Waals surface area contributed by atoms with Gasteiger partial charge in [-0.25, -0.2) is 0 Å². The molecule has 1 rings (SSSR count). The summed E-state index contributed by atoms with van der Waals surface area (Å²) in [4.78, 5) is 0. The molecule has 0 aliphatic rings. The van der Waals surface area contributed by atoms with Crippen LogP contribution in [-0.2, 0) is 12.6 Å². The zero-order valence-electron chi connectivity index (χ0n) is 17.1. The highest BCUT2D eigenvalue weighted by Gasteiger charge is 2.34. The van der Waals surface area contributed by atoms with Crippen molar-refractivity contribution in [3.8, 4) is 5.75 Å². The van der Waals surface area contributed by atoms with E-state index in [0.717, 1.165) is 38.2 Å². The van der Waals surface area contributed by atoms with E-state index in [1.807, 2.05) is 0 Å². The number of aliphatic hydroxyl groups is 2. The van der Waals surface area contributed by atoms with Crippen molar-refractivity contribution in [3.63, 3.8) is 0 Å². The number of unbranched alkanes of at least 4 members (excludes halogenated alkanes) is 5. The van der Waals surface area contributed by atoms with Gasteiger partial charge in [-0.3, -0.25) is 0 Å². The Labute approximate surface area is 178 Å². The highest BCUT2D eigenvalue weighted by molar-refractivity contribution is 5.85. The second kappa shape index (κ2) is 14.9. The Morgan fingerprint density at radius 1 is 1.07 bits per heavy atom. The van der Waals surface area contributed by atoms with Crippen molar-refractivity contribution in [2.75, 3.05) is 13.2 Å². The third kappa shape index (κ3) is 11.1. The van der Waals surface area contributed by atoms with Crippen LogP contribution in [0.3, 0.4) is 0 Å². The summed E-state index contributed by atoms with van der Waals surface area (Å²) >= 11 is 0. The minimum Gasteiger partial charge on any atom is -0.493 e. The summed E-state index contributed by atoms with van der Waals surface area (Å²) in [6.07, 6.45) is 1.89. The molecule has 4 N–H and O–H groups in total. The van der Waals surface area contributed by atoms with E-state index in [4.69, 9.17) is 15.6 Å². The molecule has 8 heteroatoms. The van der Waals surface area contributed by atoms with Gasteiger partial charge in [-0.05, 0) is 43.4 Å². The number of hydrogen-bond donors (Lipinski definition) is 3. The van der Waals surface area contributed by atoms with Gasteiger partial charge in [0, 0.05) is 0 Å². The first-order valence-electron chi connectivity index (χ1n) is 10.2. The van der Waals surface area contributed by atoms with Gasteiger partial charge >= 0.3 is 6.18 Å². The molecule has 1 aromatic carbocycles. The summed E-state index contributed by atoms with van der Waals surface area (Å²) < 4.78 is 45.5. The van der Waals surface area contributed by atoms with E-state index < -0.39 is 23.9 Å². The van der Waals surface area contributed by atoms with E-state index in [0.29, 0.717) is 31.2 Å². The molecule has 2 atom stereocenters. The molecule has 0 saturated carbocycles. The quantitative estimate of drug-likeness (QED) is 0.360. The van der Waals surface area contributed by atoms with Crippen molar-refractivity contribution in [3.05, 3.63) is 29.3 Å². The predicted octanol–water partition coefficient (Wildman–Crippen LogP) is 4.87. The SMILES string of the molecule is CCCCCCCOc1ccc(CCCCC(O)C(N)CO)cc1C(F)(F)F.Cl. The molecule has 0 aromatic heterocycles. The number of hydrogen-bond acceptors (Lipinski definition) is 4. The van der Waals surface area contributed by atoms with Gasteiger partial charge in [0.05, 0.1) is 30.9 Å². The molecular weight excluding hydrogens is 407 g/mol. The van der Waals surface area contributed by atoms with Crippen molar-refractivity contribution in [1.29, 1.82) is 0 Å². The van der Waals surface area contributed by atoms with Gasteiger partial charge in [0.15, 0.2) is 0 Å². The van der Waals surface area contributed by atoms with Crippen LogP contribution in [0.5, 0.6) is 5.75 Å². The highest BCUT2D eigenvalue weighted by atomic mass is 35.5. The molecule has 0 aliphatic heterocycles. The van der Waals surface area contributed by atoms with Crippen LogP contribution in [0.25, 0.3) is 0 Å². The van der Waals surface area contributed by atoms with Crippen LogP contribution in [0.15, 0.2) is 18.2 Å². The fourth-order valence-corrected chi connectivity index (χ4v) is 2.99. The maximum absolute atomic E-state index is 13.4. The van der Waals surface area contributed by atoms with Gasteiger partial charge in [-0.2, -0.15) is 13.2 Å². The van der Waals surface area contributed by atoms with E-state index in [2.05, 4.69) is 6.92 Å². The van der Waals surface area contributed by atoms with Crippen LogP contribution in [0.2, 0.25) is 0 Å². The zero-order valence-corrected chi connectivity index (χ0v) is 17.9. The van der Waals surface area contributed by atoms with E-state index in [1.54, 1.807) is 6.07 Å². The average Bonchev–Trinajstić information content (AvgIpc) is 2.66. The molecule has 4 nitrogen and oxygen atoms in total. The molecule has 0 bridgehead atoms. The smallest absolute Gasteiger partial charge is 0.419 e. The van der Waals surface area contributed by atoms with Crippen LogP contribution in [0.4, 0.5) is 13.2 Å². The van der Waals surface area contributed by atoms with Gasteiger partial charge < -0.3 is 20.7 Å². The molecule has 0 spiro atoms. The van der Waals surface area contributed by atoms with Crippen LogP contribution in [-0.4, -0.2) is 35.6 Å². The fourth-order valence-electron chi connectivity index (χ4n) is 2.99. The third-order valence-electron chi connectivity index (χ3n) is 4.78. The van der Waals surface area contributed by atoms with Gasteiger partial charge in [0.1, 0.15) is 5.75 Å². The molecule has 0 amide bonds. The molecular formula is C21H35ClF3NO3. The fraction of sp³-hybridized carbons (Fsp3) is 0.714. The van der Waals surface area contributed by atoms with Crippen molar-refractivity contribution >= 4 is 12.4 Å². The van der Waals surface area contributed by atoms with E-state index in [1.165, 1.54) is 6.07 Å². The number of rotatable bonds is 14. The molecule has 1 aromatic rings. The van der Waals surface area contributed by atoms with E-state index >= 15 is 0 Å². The maximum Gasteiger partial charge on any atom is 0.419 e. The van der Waals surface area contributed by atoms with Crippen molar-refractivity contribution in [1.82, 2.24) is 0 Å². The number of nitrogens with two attached hydrogens (primary N) is 1. The second-order valence-corrected chi connectivity index (χ2v) is 7.25. The lowest BCUT2D eigenvalue weighted by Crippen LogP contribution is -2.37. The standard InChI is InChI=1S/C21H34F3NO3.ClH/c1-2-3-4-5-8-13-28-20-12-11-16(14-17(20)21(22,23)24)9-6-7-10-19(27)18(25)15-26;/h11-12,14,18-19,26-27H,2-10,13,15,25H2,1H3;1H. The minimum atomic E-state index is -4.46. The van der Waals surface area contributed by atoms with Crippen molar-refractivity contribution < 1.29 is 28.1 Å². The number of aliphatic hydroxyl groups excluding tert-OH is 2. The summed E-state index contributed by atoms with van der Waals surface area (Å²) in [5.41, 5.74) is 5.38. The Kier molecular flexibility index (Phi) is 14.4. The third-order valence-corrected chi connectivity index (χ3v) is 4.78. The van der Waals surface area contributed by atoms with Crippen LogP contribution >= 0.6 is 12.4 Å². The van der Waals surface area contributed by atoms with Crippen molar-refractivity contribution in [2.45, 2.75) is 83.0 Å². The number of ether oxygens (including phenoxy) is 1. The predicted molar refractivity (Wildman–Crippen MR) is 112 cm³/mol. The first-order valence-corrected chi connectivity index (χ1v) is 10.2. The van der Waals surface area contributed by atoms with E-state index in [9.17, 15) is 18.3 Å². The topological polar surface area (TPSA) is 75.7 Å². The molecule has 0 heterocycles. The van der Waals surface area contributed by atoms with Gasteiger partial charge in [0.25, 0.3) is 0 Å². The van der Waals surface area contributed by atoms with E-state index in [-0.39, 0.29) is 31.4 Å². The van der Waals surface area contributed by atoms with Crippen molar-refractivity contribution in [2.24, 2.45) is 5.73 Å². The lowest BCUT2D eigenvalue weighted by molar-refractivity contribution is -0.139. The first kappa shape index (κ1) is 28.0. The Hall–Kier alpha value is -1.02. The summed E-state index contributed by atoms with van der Waals surface area (Å²) in [5, 5.41) is 18.6. The molecule has 0 radical (unpaired) electrons. The molecule has 0 fully saturated rings. The summed E-state index contributed by atoms with van der Waals surface area (Å²) in [7, 11) is 0. The Balaban J connectivity index is 0.00000784. The highest BCUT2D eigenvalue weighted by Crippen LogP contribution is 2.37.